The molecule has 1 aromatic carbocycles. The molecule has 0 radical (unpaired) electrons. The Kier molecular flexibility index (Phi) is 2.76. The maximum Gasteiger partial charge on any atom is 0.286 e. The van der Waals surface area contributed by atoms with Crippen molar-refractivity contribution in [2.24, 2.45) is 0 Å². The minimum atomic E-state index is -0.507. The second kappa shape index (κ2) is 4.56. The number of aromatic nitrogens is 2. The number of carbonyl (C=O) groups is 2. The molecule has 5 nitrogen and oxygen atoms in total. The van der Waals surface area contributed by atoms with E-state index in [2.05, 4.69) is 4.98 Å². The Morgan fingerprint density at radius 2 is 1.77 bits per heavy atom. The molecule has 1 aliphatic rings. The van der Waals surface area contributed by atoms with Crippen LogP contribution in [0.25, 0.3) is 5.65 Å². The summed E-state index contributed by atoms with van der Waals surface area (Å²) in [4.78, 5) is 30.5. The molecule has 0 saturated heterocycles. The van der Waals surface area contributed by atoms with Gasteiger partial charge in [0.05, 0.1) is 15.7 Å². The molecule has 2 aromatic heterocycles. The third kappa shape index (κ3) is 1.63. The van der Waals surface area contributed by atoms with Crippen molar-refractivity contribution in [1.82, 2.24) is 9.38 Å². The van der Waals surface area contributed by atoms with Crippen LogP contribution in [0.2, 0.25) is 10.0 Å². The van der Waals surface area contributed by atoms with E-state index < -0.39 is 11.8 Å². The van der Waals surface area contributed by atoms with Crippen LogP contribution < -0.4 is 4.90 Å². The van der Waals surface area contributed by atoms with Crippen molar-refractivity contribution in [2.45, 2.75) is 0 Å². The highest BCUT2D eigenvalue weighted by atomic mass is 35.5. The predicted octanol–water partition coefficient (Wildman–Crippen LogP) is 3.44. The van der Waals surface area contributed by atoms with Gasteiger partial charge in [-0.3, -0.25) is 14.0 Å². The topological polar surface area (TPSA) is 54.7 Å². The van der Waals surface area contributed by atoms with Crippen LogP contribution in [0.3, 0.4) is 0 Å². The van der Waals surface area contributed by atoms with Gasteiger partial charge in [0.15, 0.2) is 5.69 Å². The quantitative estimate of drug-likeness (QED) is 0.642. The lowest BCUT2D eigenvalue weighted by molar-refractivity contribution is 0.0922. The molecule has 0 aliphatic carbocycles. The third-order valence-electron chi connectivity index (χ3n) is 3.51. The van der Waals surface area contributed by atoms with Crippen molar-refractivity contribution in [2.75, 3.05) is 4.90 Å². The number of benzene rings is 1. The Morgan fingerprint density at radius 3 is 2.59 bits per heavy atom. The molecule has 7 heteroatoms. The summed E-state index contributed by atoms with van der Waals surface area (Å²) < 4.78 is 1.59. The number of amides is 2. The van der Waals surface area contributed by atoms with Crippen LogP contribution in [0.4, 0.5) is 5.69 Å². The first kappa shape index (κ1) is 13.3. The van der Waals surface area contributed by atoms with Crippen LogP contribution in [0.5, 0.6) is 0 Å². The lowest BCUT2D eigenvalue weighted by Gasteiger charge is -2.16. The van der Waals surface area contributed by atoms with Gasteiger partial charge in [-0.15, -0.1) is 0 Å². The van der Waals surface area contributed by atoms with E-state index in [4.69, 9.17) is 23.2 Å². The molecule has 3 heterocycles. The van der Waals surface area contributed by atoms with Gasteiger partial charge in [-0.2, -0.15) is 0 Å². The van der Waals surface area contributed by atoms with Crippen molar-refractivity contribution in [3.05, 3.63) is 64.0 Å². The number of hydrogen-bond acceptors (Lipinski definition) is 3. The third-order valence-corrected chi connectivity index (χ3v) is 4.32. The number of fused-ring (bicyclic) bond motifs is 3. The van der Waals surface area contributed by atoms with Crippen molar-refractivity contribution in [3.8, 4) is 0 Å². The monoisotopic (exact) mass is 331 g/mol. The molecule has 22 heavy (non-hydrogen) atoms. The minimum Gasteiger partial charge on any atom is -0.295 e. The second-order valence-corrected chi connectivity index (χ2v) is 5.54. The summed E-state index contributed by atoms with van der Waals surface area (Å²) in [7, 11) is 0. The van der Waals surface area contributed by atoms with Crippen molar-refractivity contribution >= 4 is 46.4 Å². The number of rotatable bonds is 1. The van der Waals surface area contributed by atoms with E-state index in [0.717, 1.165) is 4.90 Å². The van der Waals surface area contributed by atoms with E-state index in [1.165, 1.54) is 0 Å². The molecule has 0 N–H and O–H groups in total. The zero-order valence-corrected chi connectivity index (χ0v) is 12.5. The zero-order valence-electron chi connectivity index (χ0n) is 11.0. The van der Waals surface area contributed by atoms with E-state index in [1.54, 1.807) is 47.0 Å². The average molecular weight is 332 g/mol. The summed E-state index contributed by atoms with van der Waals surface area (Å²) in [6, 6.07) is 10.1. The number of imidazole rings is 1. The van der Waals surface area contributed by atoms with Gasteiger partial charge in [0, 0.05) is 6.20 Å². The summed E-state index contributed by atoms with van der Waals surface area (Å²) in [6.07, 6.45) is 1.69. The molecular formula is C15H7Cl2N3O2. The predicted molar refractivity (Wildman–Crippen MR) is 82.8 cm³/mol. The lowest BCUT2D eigenvalue weighted by Crippen LogP contribution is -2.30. The van der Waals surface area contributed by atoms with Crippen LogP contribution in [0.1, 0.15) is 21.0 Å². The average Bonchev–Trinajstić information content (AvgIpc) is 3.00. The number of hydrogen-bond donors (Lipinski definition) is 0. The van der Waals surface area contributed by atoms with Crippen LogP contribution in [0.15, 0.2) is 42.6 Å². The van der Waals surface area contributed by atoms with Crippen molar-refractivity contribution in [1.29, 1.82) is 0 Å². The number of pyridine rings is 1. The summed E-state index contributed by atoms with van der Waals surface area (Å²) in [5, 5.41) is 0.433. The highest BCUT2D eigenvalue weighted by Crippen LogP contribution is 2.36. The molecule has 0 fully saturated rings. The van der Waals surface area contributed by atoms with E-state index in [0.29, 0.717) is 5.65 Å². The van der Waals surface area contributed by atoms with Crippen LogP contribution in [-0.2, 0) is 0 Å². The number of carbonyl (C=O) groups excluding carboxylic acids is 2. The molecule has 4 rings (SSSR count). The van der Waals surface area contributed by atoms with E-state index in [1.807, 2.05) is 0 Å². The molecular weight excluding hydrogens is 325 g/mol. The van der Waals surface area contributed by atoms with Crippen LogP contribution in [-0.4, -0.2) is 21.2 Å². The van der Waals surface area contributed by atoms with Gasteiger partial charge in [-0.05, 0) is 24.3 Å². The molecule has 0 bridgehead atoms. The first-order valence-corrected chi connectivity index (χ1v) is 7.15. The number of halogens is 2. The molecule has 3 aromatic rings. The zero-order chi connectivity index (χ0) is 15.4. The van der Waals surface area contributed by atoms with Crippen LogP contribution >= 0.6 is 23.2 Å². The normalized spacial score (nSPS) is 14.0. The van der Waals surface area contributed by atoms with E-state index in [9.17, 15) is 9.59 Å². The first-order chi connectivity index (χ1) is 10.6. The van der Waals surface area contributed by atoms with Crippen molar-refractivity contribution < 1.29 is 9.59 Å². The molecule has 0 spiro atoms. The van der Waals surface area contributed by atoms with Gasteiger partial charge >= 0.3 is 0 Å². The fourth-order valence-corrected chi connectivity index (χ4v) is 2.92. The molecule has 108 valence electrons. The summed E-state index contributed by atoms with van der Waals surface area (Å²) in [6.45, 7) is 0. The summed E-state index contributed by atoms with van der Waals surface area (Å²) >= 11 is 12.1. The lowest BCUT2D eigenvalue weighted by atomic mass is 10.3. The Bertz CT molecular complexity index is 965. The van der Waals surface area contributed by atoms with Crippen molar-refractivity contribution in [3.63, 3.8) is 0 Å². The Morgan fingerprint density at radius 1 is 0.955 bits per heavy atom. The first-order valence-electron chi connectivity index (χ1n) is 6.39. The van der Waals surface area contributed by atoms with E-state index in [-0.39, 0.29) is 27.1 Å². The van der Waals surface area contributed by atoms with Gasteiger partial charge in [-0.1, -0.05) is 35.3 Å². The van der Waals surface area contributed by atoms with Gasteiger partial charge in [0.2, 0.25) is 0 Å². The molecule has 1 aliphatic heterocycles. The second-order valence-electron chi connectivity index (χ2n) is 4.76. The van der Waals surface area contributed by atoms with Gasteiger partial charge < -0.3 is 0 Å². The molecule has 0 saturated carbocycles. The highest BCUT2D eigenvalue weighted by Gasteiger charge is 2.42. The largest absolute Gasteiger partial charge is 0.295 e. The Labute approximate surface area is 134 Å². The standard InChI is InChI=1S/C15H7Cl2N3O2/c16-8-4-3-5-9(11(8)17)20-14(21)12-13(15(20)22)19-7-2-1-6-10(19)18-12/h1-7H. The molecule has 0 unspecified atom stereocenters. The number of nitrogens with zero attached hydrogens (tertiary/aromatic N) is 3. The van der Waals surface area contributed by atoms with Gasteiger partial charge in [-0.25, -0.2) is 9.88 Å². The summed E-state index contributed by atoms with van der Waals surface area (Å²) in [5.41, 5.74) is 1.15. The highest BCUT2D eigenvalue weighted by molar-refractivity contribution is 6.45. The fourth-order valence-electron chi connectivity index (χ4n) is 2.54. The Hall–Kier alpha value is -2.37. The van der Waals surface area contributed by atoms with Gasteiger partial charge in [0.1, 0.15) is 11.3 Å². The van der Waals surface area contributed by atoms with E-state index >= 15 is 0 Å². The van der Waals surface area contributed by atoms with Gasteiger partial charge in [0.25, 0.3) is 11.8 Å². The molecule has 2 amide bonds. The maximum atomic E-state index is 12.7. The minimum absolute atomic E-state index is 0.118. The fraction of sp³-hybridized carbons (Fsp3) is 0. The number of anilines is 1. The SMILES string of the molecule is O=C1c2nc3ccccn3c2C(=O)N1c1cccc(Cl)c1Cl. The van der Waals surface area contributed by atoms with Crippen LogP contribution in [0, 0.1) is 0 Å². The molecule has 0 atom stereocenters. The Balaban J connectivity index is 1.93. The number of imide groups is 1. The maximum absolute atomic E-state index is 12.7. The smallest absolute Gasteiger partial charge is 0.286 e. The summed E-state index contributed by atoms with van der Waals surface area (Å²) in [5.74, 6) is -0.976.